The van der Waals surface area contributed by atoms with Gasteiger partial charge in [-0.25, -0.2) is 4.98 Å². The van der Waals surface area contributed by atoms with Crippen LogP contribution in [0.5, 0.6) is 5.75 Å². The van der Waals surface area contributed by atoms with Crippen molar-refractivity contribution >= 4 is 11.1 Å². The van der Waals surface area contributed by atoms with Gasteiger partial charge in [0.05, 0.1) is 7.11 Å². The molecule has 1 atom stereocenters. The quantitative estimate of drug-likeness (QED) is 0.863. The molecule has 1 unspecified atom stereocenters. The first kappa shape index (κ1) is 11.9. The van der Waals surface area contributed by atoms with E-state index >= 15 is 0 Å². The average Bonchev–Trinajstić information content (AvgIpc) is 2.69. The Hall–Kier alpha value is -1.55. The zero-order valence-corrected chi connectivity index (χ0v) is 10.3. The number of hydrogen-bond acceptors (Lipinski definition) is 4. The zero-order chi connectivity index (χ0) is 12.3. The molecule has 1 aromatic carbocycles. The third-order valence-electron chi connectivity index (χ3n) is 2.74. The molecule has 1 heterocycles. The van der Waals surface area contributed by atoms with E-state index < -0.39 is 0 Å². The lowest BCUT2D eigenvalue weighted by atomic mass is 10.1. The second kappa shape index (κ2) is 5.19. The summed E-state index contributed by atoms with van der Waals surface area (Å²) in [5.74, 6) is 1.48. The van der Waals surface area contributed by atoms with E-state index in [0.717, 1.165) is 29.7 Å². The summed E-state index contributed by atoms with van der Waals surface area (Å²) in [4.78, 5) is 4.41. The van der Waals surface area contributed by atoms with Crippen LogP contribution in [-0.4, -0.2) is 18.1 Å². The van der Waals surface area contributed by atoms with Gasteiger partial charge in [-0.05, 0) is 18.6 Å². The number of aromatic nitrogens is 1. The first-order valence-electron chi connectivity index (χ1n) is 5.92. The topological polar surface area (TPSA) is 61.3 Å². The van der Waals surface area contributed by atoms with Crippen LogP contribution in [0.3, 0.4) is 0 Å². The molecule has 1 aromatic heterocycles. The fourth-order valence-corrected chi connectivity index (χ4v) is 1.86. The molecule has 2 aromatic rings. The molecule has 0 saturated carbocycles. The second-order valence-corrected chi connectivity index (χ2v) is 4.19. The van der Waals surface area contributed by atoms with Crippen molar-refractivity contribution in [2.45, 2.75) is 32.2 Å². The summed E-state index contributed by atoms with van der Waals surface area (Å²) in [6, 6.07) is 5.74. The maximum Gasteiger partial charge on any atom is 0.197 e. The van der Waals surface area contributed by atoms with Gasteiger partial charge in [-0.3, -0.25) is 0 Å². The number of nitrogens with two attached hydrogens (primary N) is 1. The summed E-state index contributed by atoms with van der Waals surface area (Å²) in [5, 5.41) is 0. The maximum atomic E-state index is 5.97. The molecule has 2 N–H and O–H groups in total. The van der Waals surface area contributed by atoms with E-state index in [2.05, 4.69) is 11.9 Å². The predicted octanol–water partition coefficient (Wildman–Crippen LogP) is 2.51. The van der Waals surface area contributed by atoms with E-state index in [1.807, 2.05) is 18.2 Å². The summed E-state index contributed by atoms with van der Waals surface area (Å²) in [5.41, 5.74) is 7.57. The predicted molar refractivity (Wildman–Crippen MR) is 67.1 cm³/mol. The molecule has 4 heteroatoms. The molecule has 0 aliphatic rings. The van der Waals surface area contributed by atoms with Crippen molar-refractivity contribution in [2.75, 3.05) is 7.11 Å². The number of methoxy groups -OCH3 is 1. The van der Waals surface area contributed by atoms with Gasteiger partial charge >= 0.3 is 0 Å². The van der Waals surface area contributed by atoms with Crippen LogP contribution in [0.25, 0.3) is 11.1 Å². The monoisotopic (exact) mass is 234 g/mol. The van der Waals surface area contributed by atoms with Gasteiger partial charge in [-0.1, -0.05) is 13.3 Å². The third kappa shape index (κ3) is 2.77. The second-order valence-electron chi connectivity index (χ2n) is 4.19. The Morgan fingerprint density at radius 2 is 2.29 bits per heavy atom. The Balaban J connectivity index is 2.19. The Kier molecular flexibility index (Phi) is 3.64. The van der Waals surface area contributed by atoms with Crippen molar-refractivity contribution in [3.63, 3.8) is 0 Å². The zero-order valence-electron chi connectivity index (χ0n) is 10.3. The van der Waals surface area contributed by atoms with E-state index in [9.17, 15) is 0 Å². The molecule has 0 amide bonds. The van der Waals surface area contributed by atoms with Crippen molar-refractivity contribution in [3.05, 3.63) is 24.1 Å². The van der Waals surface area contributed by atoms with E-state index in [-0.39, 0.29) is 6.04 Å². The minimum Gasteiger partial charge on any atom is -0.497 e. The SMILES string of the molecule is CCCC(N)Cc1nc2ccc(OC)cc2o1. The lowest BCUT2D eigenvalue weighted by Gasteiger charge is -2.05. The Bertz CT molecular complexity index is 493. The minimum atomic E-state index is 0.120. The largest absolute Gasteiger partial charge is 0.497 e. The van der Waals surface area contributed by atoms with Crippen LogP contribution in [0.1, 0.15) is 25.7 Å². The van der Waals surface area contributed by atoms with Gasteiger partial charge < -0.3 is 14.9 Å². The number of hydrogen-bond donors (Lipinski definition) is 1. The fourth-order valence-electron chi connectivity index (χ4n) is 1.86. The maximum absolute atomic E-state index is 5.97. The standard InChI is InChI=1S/C13H18N2O2/c1-3-4-9(14)7-13-15-11-6-5-10(16-2)8-12(11)17-13/h5-6,8-9H,3-4,7,14H2,1-2H3. The van der Waals surface area contributed by atoms with Crippen LogP contribution in [0.2, 0.25) is 0 Å². The van der Waals surface area contributed by atoms with Gasteiger partial charge in [0.15, 0.2) is 11.5 Å². The average molecular weight is 234 g/mol. The van der Waals surface area contributed by atoms with E-state index in [4.69, 9.17) is 14.9 Å². The van der Waals surface area contributed by atoms with Gasteiger partial charge in [-0.15, -0.1) is 0 Å². The van der Waals surface area contributed by atoms with E-state index in [0.29, 0.717) is 12.3 Å². The van der Waals surface area contributed by atoms with Crippen molar-refractivity contribution in [1.29, 1.82) is 0 Å². The van der Waals surface area contributed by atoms with Gasteiger partial charge in [0, 0.05) is 18.5 Å². The molecule has 0 fully saturated rings. The number of nitrogens with zero attached hydrogens (tertiary/aromatic N) is 1. The summed E-state index contributed by atoms with van der Waals surface area (Å²) >= 11 is 0. The molecule has 92 valence electrons. The lowest BCUT2D eigenvalue weighted by Crippen LogP contribution is -2.22. The van der Waals surface area contributed by atoms with Crippen molar-refractivity contribution in [2.24, 2.45) is 5.73 Å². The lowest BCUT2D eigenvalue weighted by molar-refractivity contribution is 0.414. The summed E-state index contributed by atoms with van der Waals surface area (Å²) in [6.45, 7) is 2.12. The smallest absolute Gasteiger partial charge is 0.197 e. The highest BCUT2D eigenvalue weighted by atomic mass is 16.5. The highest BCUT2D eigenvalue weighted by Crippen LogP contribution is 2.22. The van der Waals surface area contributed by atoms with Crippen LogP contribution >= 0.6 is 0 Å². The Labute approximate surface area is 101 Å². The normalized spacial score (nSPS) is 12.9. The number of benzene rings is 1. The molecule has 0 bridgehead atoms. The third-order valence-corrected chi connectivity index (χ3v) is 2.74. The molecule has 0 aliphatic heterocycles. The van der Waals surface area contributed by atoms with Gasteiger partial charge in [0.1, 0.15) is 11.3 Å². The van der Waals surface area contributed by atoms with Gasteiger partial charge in [-0.2, -0.15) is 0 Å². The minimum absolute atomic E-state index is 0.120. The highest BCUT2D eigenvalue weighted by molar-refractivity contribution is 5.74. The number of ether oxygens (including phenoxy) is 1. The van der Waals surface area contributed by atoms with Crippen molar-refractivity contribution < 1.29 is 9.15 Å². The molecule has 0 aliphatic carbocycles. The molecular weight excluding hydrogens is 216 g/mol. The number of oxazole rings is 1. The van der Waals surface area contributed by atoms with E-state index in [1.54, 1.807) is 7.11 Å². The van der Waals surface area contributed by atoms with Crippen LogP contribution in [-0.2, 0) is 6.42 Å². The van der Waals surface area contributed by atoms with Crippen molar-refractivity contribution in [1.82, 2.24) is 4.98 Å². The fraction of sp³-hybridized carbons (Fsp3) is 0.462. The molecule has 0 radical (unpaired) electrons. The molecule has 0 spiro atoms. The molecule has 17 heavy (non-hydrogen) atoms. The summed E-state index contributed by atoms with van der Waals surface area (Å²) in [7, 11) is 1.63. The molecule has 0 saturated heterocycles. The molecular formula is C13H18N2O2. The summed E-state index contributed by atoms with van der Waals surface area (Å²) < 4.78 is 10.8. The van der Waals surface area contributed by atoms with Crippen molar-refractivity contribution in [3.8, 4) is 5.75 Å². The van der Waals surface area contributed by atoms with Crippen LogP contribution in [0.4, 0.5) is 0 Å². The van der Waals surface area contributed by atoms with Gasteiger partial charge in [0.2, 0.25) is 0 Å². The van der Waals surface area contributed by atoms with Crippen LogP contribution < -0.4 is 10.5 Å². The van der Waals surface area contributed by atoms with E-state index in [1.165, 1.54) is 0 Å². The number of rotatable bonds is 5. The first-order valence-corrected chi connectivity index (χ1v) is 5.92. The highest BCUT2D eigenvalue weighted by Gasteiger charge is 2.10. The Morgan fingerprint density at radius 3 is 3.00 bits per heavy atom. The first-order chi connectivity index (χ1) is 8.22. The van der Waals surface area contributed by atoms with Crippen LogP contribution in [0.15, 0.2) is 22.6 Å². The summed E-state index contributed by atoms with van der Waals surface area (Å²) in [6.07, 6.45) is 2.75. The number of fused-ring (bicyclic) bond motifs is 1. The Morgan fingerprint density at radius 1 is 1.47 bits per heavy atom. The molecule has 2 rings (SSSR count). The molecule has 4 nitrogen and oxygen atoms in total. The van der Waals surface area contributed by atoms with Gasteiger partial charge in [0.25, 0.3) is 0 Å². The van der Waals surface area contributed by atoms with Crippen LogP contribution in [0, 0.1) is 0 Å².